The van der Waals surface area contributed by atoms with E-state index in [1.165, 1.54) is 6.07 Å². The largest absolute Gasteiger partial charge is 0.389 e. The zero-order valence-corrected chi connectivity index (χ0v) is 21.8. The lowest BCUT2D eigenvalue weighted by Gasteiger charge is -2.35. The van der Waals surface area contributed by atoms with Crippen LogP contribution in [0, 0.1) is 12.7 Å². The minimum Gasteiger partial charge on any atom is -0.389 e. The third kappa shape index (κ3) is 5.30. The number of imidazole rings is 1. The van der Waals surface area contributed by atoms with Crippen LogP contribution in [0.4, 0.5) is 15.8 Å². The van der Waals surface area contributed by atoms with Gasteiger partial charge in [0.15, 0.2) is 11.5 Å². The molecule has 4 heterocycles. The highest BCUT2D eigenvalue weighted by molar-refractivity contribution is 6.13. The van der Waals surface area contributed by atoms with E-state index < -0.39 is 11.4 Å². The highest BCUT2D eigenvalue weighted by Gasteiger charge is 2.25. The second-order valence-electron chi connectivity index (χ2n) is 10.5. The molecule has 1 amide bonds. The first-order valence-corrected chi connectivity index (χ1v) is 12.8. The number of piperidine rings is 1. The van der Waals surface area contributed by atoms with Crippen molar-refractivity contribution in [2.24, 2.45) is 0 Å². The molecule has 1 aliphatic heterocycles. The predicted octanol–water partition coefficient (Wildman–Crippen LogP) is 3.73. The van der Waals surface area contributed by atoms with Crippen LogP contribution in [0.3, 0.4) is 0 Å². The Bertz CT molecular complexity index is 1440. The number of anilines is 2. The molecule has 0 aliphatic carbocycles. The number of aromatic nitrogens is 4. The molecule has 0 bridgehead atoms. The summed E-state index contributed by atoms with van der Waals surface area (Å²) in [5.41, 5.74) is 2.65. The standard InChI is InChI=1S/C27H34FN7O2/c1-5-35-15-21-23(33-10-8-18(9-11-33)29-16-27(3,4)37)7-6-20(24(21)32-35)26(36)31-19-12-22(28)25-30-17(2)13-34(25)14-19/h6-7,12-15,18,29,37H,5,8-11,16H2,1-4H3,(H,31,36). The minimum absolute atomic E-state index is 0.225. The Kier molecular flexibility index (Phi) is 6.63. The third-order valence-electron chi connectivity index (χ3n) is 6.81. The number of aryl methyl sites for hydroxylation is 2. The summed E-state index contributed by atoms with van der Waals surface area (Å²) >= 11 is 0. The lowest BCUT2D eigenvalue weighted by Crippen LogP contribution is -2.46. The van der Waals surface area contributed by atoms with Gasteiger partial charge in [-0.2, -0.15) is 5.10 Å². The maximum Gasteiger partial charge on any atom is 0.257 e. The van der Waals surface area contributed by atoms with Crippen molar-refractivity contribution in [2.45, 2.75) is 58.7 Å². The van der Waals surface area contributed by atoms with E-state index in [-0.39, 0.29) is 11.6 Å². The van der Waals surface area contributed by atoms with E-state index >= 15 is 0 Å². The van der Waals surface area contributed by atoms with Crippen molar-refractivity contribution in [1.82, 2.24) is 24.5 Å². The van der Waals surface area contributed by atoms with Crippen LogP contribution < -0.4 is 15.5 Å². The average molecular weight is 508 g/mol. The van der Waals surface area contributed by atoms with Gasteiger partial charge in [-0.25, -0.2) is 9.37 Å². The Morgan fingerprint density at radius 3 is 2.68 bits per heavy atom. The molecule has 196 valence electrons. The number of nitrogens with one attached hydrogen (secondary N) is 2. The highest BCUT2D eigenvalue weighted by atomic mass is 19.1. The Hall–Kier alpha value is -3.50. The lowest BCUT2D eigenvalue weighted by atomic mass is 10.0. The molecule has 0 atom stereocenters. The molecule has 3 aromatic heterocycles. The molecule has 4 aromatic rings. The predicted molar refractivity (Wildman–Crippen MR) is 143 cm³/mol. The molecule has 0 unspecified atom stereocenters. The zero-order chi connectivity index (χ0) is 26.3. The number of aliphatic hydroxyl groups is 1. The number of halogens is 1. The van der Waals surface area contributed by atoms with Gasteiger partial charge in [0.05, 0.1) is 22.5 Å². The first-order chi connectivity index (χ1) is 17.6. The molecular formula is C27H34FN7O2. The Labute approximate surface area is 215 Å². The summed E-state index contributed by atoms with van der Waals surface area (Å²) in [6.07, 6.45) is 7.28. The number of hydrogen-bond donors (Lipinski definition) is 3. The van der Waals surface area contributed by atoms with E-state index in [1.807, 2.05) is 37.7 Å². The number of pyridine rings is 1. The number of carbonyl (C=O) groups excluding carboxylic acids is 1. The van der Waals surface area contributed by atoms with Crippen LogP contribution in [-0.2, 0) is 6.54 Å². The first-order valence-electron chi connectivity index (χ1n) is 12.8. The Morgan fingerprint density at radius 2 is 1.97 bits per heavy atom. The van der Waals surface area contributed by atoms with Crippen LogP contribution in [0.5, 0.6) is 0 Å². The highest BCUT2D eigenvalue weighted by Crippen LogP contribution is 2.31. The molecule has 5 rings (SSSR count). The van der Waals surface area contributed by atoms with Gasteiger partial charge in [-0.1, -0.05) is 0 Å². The van der Waals surface area contributed by atoms with Gasteiger partial charge < -0.3 is 25.0 Å². The quantitative estimate of drug-likeness (QED) is 0.353. The molecule has 1 aromatic carbocycles. The number of benzene rings is 1. The van der Waals surface area contributed by atoms with E-state index in [1.54, 1.807) is 29.8 Å². The number of fused-ring (bicyclic) bond motifs is 2. The zero-order valence-electron chi connectivity index (χ0n) is 21.8. The molecular weight excluding hydrogens is 473 g/mol. The van der Waals surface area contributed by atoms with Crippen molar-refractivity contribution in [3.8, 4) is 0 Å². The number of amides is 1. The van der Waals surface area contributed by atoms with Crippen molar-refractivity contribution in [2.75, 3.05) is 29.9 Å². The van der Waals surface area contributed by atoms with Crippen LogP contribution >= 0.6 is 0 Å². The maximum absolute atomic E-state index is 14.5. The summed E-state index contributed by atoms with van der Waals surface area (Å²) in [6, 6.07) is 5.42. The van der Waals surface area contributed by atoms with Gasteiger partial charge in [0, 0.05) is 68.0 Å². The molecule has 37 heavy (non-hydrogen) atoms. The number of hydrogen-bond acceptors (Lipinski definition) is 6. The third-order valence-corrected chi connectivity index (χ3v) is 6.81. The fourth-order valence-corrected chi connectivity index (χ4v) is 4.92. The molecule has 0 spiro atoms. The molecule has 0 saturated carbocycles. The Morgan fingerprint density at radius 1 is 1.22 bits per heavy atom. The molecule has 3 N–H and O–H groups in total. The van der Waals surface area contributed by atoms with Gasteiger partial charge in [-0.3, -0.25) is 9.48 Å². The number of nitrogens with zero attached hydrogens (tertiary/aromatic N) is 5. The van der Waals surface area contributed by atoms with Gasteiger partial charge >= 0.3 is 0 Å². The molecule has 0 radical (unpaired) electrons. The topological polar surface area (TPSA) is 99.7 Å². The molecule has 1 saturated heterocycles. The molecule has 1 fully saturated rings. The maximum atomic E-state index is 14.5. The molecule has 1 aliphatic rings. The summed E-state index contributed by atoms with van der Waals surface area (Å²) in [6.45, 7) is 10.4. The molecule has 9 nitrogen and oxygen atoms in total. The van der Waals surface area contributed by atoms with Crippen molar-refractivity contribution in [3.63, 3.8) is 0 Å². The van der Waals surface area contributed by atoms with Crippen LogP contribution in [0.1, 0.15) is 49.7 Å². The van der Waals surface area contributed by atoms with Crippen LogP contribution in [0.25, 0.3) is 16.6 Å². The van der Waals surface area contributed by atoms with E-state index in [0.717, 1.165) is 37.0 Å². The normalized spacial score (nSPS) is 15.1. The van der Waals surface area contributed by atoms with Crippen molar-refractivity contribution < 1.29 is 14.3 Å². The average Bonchev–Trinajstić information content (AvgIpc) is 3.45. The van der Waals surface area contributed by atoms with Gasteiger partial charge in [0.1, 0.15) is 5.52 Å². The summed E-state index contributed by atoms with van der Waals surface area (Å²) in [4.78, 5) is 19.8. The van der Waals surface area contributed by atoms with E-state index in [9.17, 15) is 14.3 Å². The summed E-state index contributed by atoms with van der Waals surface area (Å²) in [7, 11) is 0. The fourth-order valence-electron chi connectivity index (χ4n) is 4.92. The van der Waals surface area contributed by atoms with Gasteiger partial charge in [0.25, 0.3) is 5.91 Å². The SMILES string of the molecule is CCn1cc2c(N3CCC(NCC(C)(C)O)CC3)ccc(C(=O)Nc3cc(F)c4nc(C)cn4c3)c2n1. The second kappa shape index (κ2) is 9.75. The van der Waals surface area contributed by atoms with Gasteiger partial charge in [0.2, 0.25) is 0 Å². The summed E-state index contributed by atoms with van der Waals surface area (Å²) in [5, 5.41) is 21.9. The van der Waals surface area contributed by atoms with Crippen LogP contribution in [0.15, 0.2) is 36.8 Å². The number of rotatable bonds is 7. The second-order valence-corrected chi connectivity index (χ2v) is 10.5. The molecule has 10 heteroatoms. The summed E-state index contributed by atoms with van der Waals surface area (Å²) in [5.74, 6) is -0.842. The van der Waals surface area contributed by atoms with E-state index in [4.69, 9.17) is 5.10 Å². The van der Waals surface area contributed by atoms with Gasteiger partial charge in [-0.15, -0.1) is 0 Å². The first kappa shape index (κ1) is 25.2. The monoisotopic (exact) mass is 507 g/mol. The fraction of sp³-hybridized carbons (Fsp3) is 0.444. The minimum atomic E-state index is -0.732. The van der Waals surface area contributed by atoms with Crippen molar-refractivity contribution >= 4 is 33.8 Å². The van der Waals surface area contributed by atoms with E-state index in [0.29, 0.717) is 41.6 Å². The van der Waals surface area contributed by atoms with Crippen LogP contribution in [-0.4, -0.2) is 61.5 Å². The lowest BCUT2D eigenvalue weighted by molar-refractivity contribution is 0.0752. The van der Waals surface area contributed by atoms with Crippen molar-refractivity contribution in [3.05, 3.63) is 53.9 Å². The number of carbonyl (C=O) groups is 1. The van der Waals surface area contributed by atoms with Crippen LogP contribution in [0.2, 0.25) is 0 Å². The van der Waals surface area contributed by atoms with Gasteiger partial charge in [-0.05, 0) is 52.7 Å². The van der Waals surface area contributed by atoms with E-state index in [2.05, 4.69) is 20.5 Å². The van der Waals surface area contributed by atoms with Crippen molar-refractivity contribution in [1.29, 1.82) is 0 Å². The Balaban J connectivity index is 1.38. The summed E-state index contributed by atoms with van der Waals surface area (Å²) < 4.78 is 17.9. The smallest absolute Gasteiger partial charge is 0.257 e.